The minimum Gasteiger partial charge on any atom is -0.466 e. The van der Waals surface area contributed by atoms with Gasteiger partial charge in [-0.2, -0.15) is 0 Å². The van der Waals surface area contributed by atoms with Crippen molar-refractivity contribution in [1.29, 1.82) is 0 Å². The molecule has 1 amide bonds. The van der Waals surface area contributed by atoms with Gasteiger partial charge in [-0.25, -0.2) is 0 Å². The van der Waals surface area contributed by atoms with Crippen LogP contribution in [0.4, 0.5) is 0 Å². The Bertz CT molecular complexity index is 951. The van der Waals surface area contributed by atoms with Crippen LogP contribution in [-0.4, -0.2) is 47.4 Å². The zero-order valence-corrected chi connectivity index (χ0v) is 40.9. The number of rotatable bonds is 50. The predicted octanol–water partition coefficient (Wildman–Crippen LogP) is 16.3. The van der Waals surface area contributed by atoms with E-state index in [1.807, 2.05) is 6.08 Å². The lowest BCUT2D eigenvalue weighted by Crippen LogP contribution is -2.45. The number of ether oxygens (including phenoxy) is 1. The molecular weight excluding hydrogens is 755 g/mol. The first-order valence-corrected chi connectivity index (χ1v) is 27.1. The molecule has 0 aromatic rings. The molecule has 0 aliphatic heterocycles. The normalized spacial score (nSPS) is 12.8. The zero-order valence-electron chi connectivity index (χ0n) is 40.9. The van der Waals surface area contributed by atoms with E-state index in [4.69, 9.17) is 4.74 Å². The summed E-state index contributed by atoms with van der Waals surface area (Å²) in [6.45, 7) is 4.84. The van der Waals surface area contributed by atoms with E-state index < -0.39 is 12.1 Å². The second-order valence-corrected chi connectivity index (χ2v) is 18.6. The zero-order chi connectivity index (χ0) is 44.4. The van der Waals surface area contributed by atoms with Gasteiger partial charge in [0.1, 0.15) is 0 Å². The van der Waals surface area contributed by atoms with E-state index in [2.05, 4.69) is 31.3 Å². The van der Waals surface area contributed by atoms with Crippen molar-refractivity contribution in [1.82, 2.24) is 5.32 Å². The average molecular weight is 860 g/mol. The number of unbranched alkanes of at least 4 members (excludes halogenated alkanes) is 37. The molecule has 0 aromatic carbocycles. The molecule has 6 nitrogen and oxygen atoms in total. The van der Waals surface area contributed by atoms with Gasteiger partial charge in [-0.3, -0.25) is 9.59 Å². The largest absolute Gasteiger partial charge is 0.466 e. The van der Waals surface area contributed by atoms with E-state index in [9.17, 15) is 19.8 Å². The number of nitrogens with one attached hydrogen (secondary N) is 1. The van der Waals surface area contributed by atoms with E-state index in [0.29, 0.717) is 19.4 Å². The van der Waals surface area contributed by atoms with Crippen LogP contribution in [0.25, 0.3) is 0 Å². The first kappa shape index (κ1) is 59.3. The van der Waals surface area contributed by atoms with Crippen molar-refractivity contribution in [3.63, 3.8) is 0 Å². The Balaban J connectivity index is 3.54. The maximum absolute atomic E-state index is 12.4. The van der Waals surface area contributed by atoms with Gasteiger partial charge in [0.15, 0.2) is 0 Å². The molecule has 6 heteroatoms. The summed E-state index contributed by atoms with van der Waals surface area (Å²) >= 11 is 0. The summed E-state index contributed by atoms with van der Waals surface area (Å²) in [5.41, 5.74) is 0. The number of hydrogen-bond acceptors (Lipinski definition) is 5. The van der Waals surface area contributed by atoms with E-state index in [-0.39, 0.29) is 18.5 Å². The van der Waals surface area contributed by atoms with E-state index >= 15 is 0 Å². The predicted molar refractivity (Wildman–Crippen MR) is 264 cm³/mol. The lowest BCUT2D eigenvalue weighted by Gasteiger charge is -2.20. The topological polar surface area (TPSA) is 95.9 Å². The molecule has 0 spiro atoms. The van der Waals surface area contributed by atoms with Gasteiger partial charge < -0.3 is 20.3 Å². The van der Waals surface area contributed by atoms with Crippen LogP contribution in [0.1, 0.15) is 290 Å². The Kier molecular flexibility index (Phi) is 49.6. The fourth-order valence-electron chi connectivity index (χ4n) is 8.27. The van der Waals surface area contributed by atoms with Crippen LogP contribution >= 0.6 is 0 Å². The molecule has 0 fully saturated rings. The Morgan fingerprint density at radius 2 is 0.770 bits per heavy atom. The van der Waals surface area contributed by atoms with Crippen molar-refractivity contribution < 1.29 is 24.5 Å². The molecule has 0 aliphatic rings. The summed E-state index contributed by atoms with van der Waals surface area (Å²) in [5, 5.41) is 23.1. The number of amides is 1. The summed E-state index contributed by atoms with van der Waals surface area (Å²) in [6, 6.07) is -0.648. The third-order valence-electron chi connectivity index (χ3n) is 12.5. The smallest absolute Gasteiger partial charge is 0.305 e. The van der Waals surface area contributed by atoms with Gasteiger partial charge in [-0.1, -0.05) is 244 Å². The second kappa shape index (κ2) is 51.0. The fourth-order valence-corrected chi connectivity index (χ4v) is 8.27. The summed E-state index contributed by atoms with van der Waals surface area (Å²) < 4.78 is 5.44. The van der Waals surface area contributed by atoms with Gasteiger partial charge in [0.05, 0.1) is 25.4 Å². The first-order valence-electron chi connectivity index (χ1n) is 27.1. The van der Waals surface area contributed by atoms with E-state index in [1.165, 1.54) is 180 Å². The molecule has 0 aromatic heterocycles. The number of carbonyl (C=O) groups excluding carboxylic acids is 2. The lowest BCUT2D eigenvalue weighted by molar-refractivity contribution is -0.143. The first-order chi connectivity index (χ1) is 30.0. The van der Waals surface area contributed by atoms with Crippen molar-refractivity contribution in [3.05, 3.63) is 24.3 Å². The van der Waals surface area contributed by atoms with Gasteiger partial charge >= 0.3 is 5.97 Å². The molecule has 2 atom stereocenters. The van der Waals surface area contributed by atoms with E-state index in [1.54, 1.807) is 6.08 Å². The Labute approximate surface area is 380 Å². The summed E-state index contributed by atoms with van der Waals surface area (Å²) in [4.78, 5) is 24.5. The monoisotopic (exact) mass is 860 g/mol. The highest BCUT2D eigenvalue weighted by Gasteiger charge is 2.18. The Morgan fingerprint density at radius 1 is 0.443 bits per heavy atom. The highest BCUT2D eigenvalue weighted by Crippen LogP contribution is 2.16. The molecular formula is C55H105NO5. The number of aliphatic hydroxyl groups excluding tert-OH is 2. The molecule has 0 bridgehead atoms. The number of aliphatic hydroxyl groups is 2. The molecule has 61 heavy (non-hydrogen) atoms. The quantitative estimate of drug-likeness (QED) is 0.0322. The van der Waals surface area contributed by atoms with Crippen molar-refractivity contribution >= 4 is 11.9 Å². The minimum absolute atomic E-state index is 0.0300. The fraction of sp³-hybridized carbons (Fsp3) is 0.891. The number of esters is 1. The molecule has 0 aliphatic carbocycles. The molecule has 0 radical (unpaired) electrons. The van der Waals surface area contributed by atoms with Crippen LogP contribution in [0.3, 0.4) is 0 Å². The Morgan fingerprint density at radius 3 is 1.16 bits per heavy atom. The Hall–Kier alpha value is -1.66. The van der Waals surface area contributed by atoms with Crippen LogP contribution in [0.5, 0.6) is 0 Å². The number of carbonyl (C=O) groups is 2. The van der Waals surface area contributed by atoms with Gasteiger partial charge in [-0.15, -0.1) is 0 Å². The maximum Gasteiger partial charge on any atom is 0.305 e. The third-order valence-corrected chi connectivity index (χ3v) is 12.5. The van der Waals surface area contributed by atoms with Crippen LogP contribution in [0.2, 0.25) is 0 Å². The van der Waals surface area contributed by atoms with Crippen molar-refractivity contribution in [3.8, 4) is 0 Å². The van der Waals surface area contributed by atoms with Crippen LogP contribution < -0.4 is 5.32 Å². The lowest BCUT2D eigenvalue weighted by atomic mass is 10.0. The number of allylic oxidation sites excluding steroid dienone is 3. The highest BCUT2D eigenvalue weighted by molar-refractivity contribution is 5.76. The van der Waals surface area contributed by atoms with Crippen molar-refractivity contribution in [2.75, 3.05) is 13.2 Å². The van der Waals surface area contributed by atoms with Crippen LogP contribution in [-0.2, 0) is 14.3 Å². The summed E-state index contributed by atoms with van der Waals surface area (Å²) in [6.07, 6.45) is 60.4. The van der Waals surface area contributed by atoms with Crippen LogP contribution in [0.15, 0.2) is 24.3 Å². The van der Waals surface area contributed by atoms with Crippen molar-refractivity contribution in [2.45, 2.75) is 302 Å². The molecule has 360 valence electrons. The standard InChI is InChI=1S/C55H105NO5/c1-3-5-7-9-11-13-15-17-19-20-21-23-24-27-31-35-39-43-47-53(58)52(51-57)56-54(59)48-44-40-36-32-28-26-30-34-38-42-46-50-61-55(60)49-45-41-37-33-29-25-22-18-16-14-12-10-8-6-4-2/h30,34,43,47,52-53,57-58H,3-29,31-33,35-42,44-46,48-51H2,1-2H3,(H,56,59)/b34-30-,47-43+. The number of hydrogen-bond donors (Lipinski definition) is 3. The average Bonchev–Trinajstić information content (AvgIpc) is 3.26. The van der Waals surface area contributed by atoms with Crippen molar-refractivity contribution in [2.24, 2.45) is 0 Å². The molecule has 0 saturated carbocycles. The SMILES string of the molecule is CCCCCCCCCCCCCCCCCC/C=C/C(O)C(CO)NC(=O)CCCCCCC/C=C\CCCCOC(=O)CCCCCCCCCCCCCCCCC. The molecule has 3 N–H and O–H groups in total. The molecule has 2 unspecified atom stereocenters. The minimum atomic E-state index is -0.862. The summed E-state index contributed by atoms with van der Waals surface area (Å²) in [7, 11) is 0. The third kappa shape index (κ3) is 47.7. The van der Waals surface area contributed by atoms with Gasteiger partial charge in [0.2, 0.25) is 5.91 Å². The second-order valence-electron chi connectivity index (χ2n) is 18.6. The van der Waals surface area contributed by atoms with Crippen LogP contribution in [0, 0.1) is 0 Å². The van der Waals surface area contributed by atoms with E-state index in [0.717, 1.165) is 83.5 Å². The van der Waals surface area contributed by atoms with Gasteiger partial charge in [-0.05, 0) is 57.8 Å². The summed E-state index contributed by atoms with van der Waals surface area (Å²) in [5.74, 6) is -0.125. The molecule has 0 saturated heterocycles. The highest BCUT2D eigenvalue weighted by atomic mass is 16.5. The van der Waals surface area contributed by atoms with Gasteiger partial charge in [0, 0.05) is 12.8 Å². The molecule has 0 heterocycles. The molecule has 0 rings (SSSR count). The van der Waals surface area contributed by atoms with Gasteiger partial charge in [0.25, 0.3) is 0 Å². The maximum atomic E-state index is 12.4.